The molecule has 1 amide bonds. The van der Waals surface area contributed by atoms with E-state index in [2.05, 4.69) is 20.5 Å². The van der Waals surface area contributed by atoms with Crippen LogP contribution in [0, 0.1) is 0 Å². The number of benzene rings is 1. The van der Waals surface area contributed by atoms with Gasteiger partial charge in [-0.15, -0.1) is 10.2 Å². The first kappa shape index (κ1) is 18.2. The topological polar surface area (TPSA) is 67.8 Å². The molecule has 0 saturated carbocycles. The molecular formula is C16H13ClN4OS3. The first-order valence-electron chi connectivity index (χ1n) is 7.32. The molecule has 0 aliphatic carbocycles. The van der Waals surface area contributed by atoms with Gasteiger partial charge in [0, 0.05) is 11.1 Å². The average molecular weight is 409 g/mol. The van der Waals surface area contributed by atoms with Crippen LogP contribution in [0.2, 0.25) is 5.02 Å². The molecule has 9 heteroatoms. The molecule has 1 aromatic carbocycles. The van der Waals surface area contributed by atoms with E-state index >= 15 is 0 Å². The summed E-state index contributed by atoms with van der Waals surface area (Å²) in [6, 6.07) is 10.9. The summed E-state index contributed by atoms with van der Waals surface area (Å²) in [6.45, 7) is 2.04. The molecule has 0 spiro atoms. The summed E-state index contributed by atoms with van der Waals surface area (Å²) in [5.74, 6) is 0.635. The minimum absolute atomic E-state index is 0.271. The Hall–Kier alpha value is -1.61. The average Bonchev–Trinajstić information content (AvgIpc) is 3.05. The van der Waals surface area contributed by atoms with Gasteiger partial charge >= 0.3 is 0 Å². The van der Waals surface area contributed by atoms with Crippen LogP contribution in [0.5, 0.6) is 0 Å². The zero-order valence-electron chi connectivity index (χ0n) is 13.1. The van der Waals surface area contributed by atoms with Gasteiger partial charge in [0.15, 0.2) is 4.34 Å². The first-order chi connectivity index (χ1) is 12.2. The van der Waals surface area contributed by atoms with E-state index in [-0.39, 0.29) is 5.91 Å². The predicted octanol–water partition coefficient (Wildman–Crippen LogP) is 5.10. The van der Waals surface area contributed by atoms with Crippen molar-refractivity contribution >= 4 is 57.5 Å². The molecule has 128 valence electrons. The van der Waals surface area contributed by atoms with Crippen molar-refractivity contribution in [1.82, 2.24) is 15.2 Å². The Bertz CT molecular complexity index is 887. The second-order valence-corrected chi connectivity index (χ2v) is 8.58. The van der Waals surface area contributed by atoms with Gasteiger partial charge in [-0.2, -0.15) is 0 Å². The van der Waals surface area contributed by atoms with Crippen molar-refractivity contribution in [1.29, 1.82) is 0 Å². The second-order valence-electron chi connectivity index (χ2n) is 4.65. The minimum atomic E-state index is -0.271. The third kappa shape index (κ3) is 4.72. The summed E-state index contributed by atoms with van der Waals surface area (Å²) in [5, 5.41) is 12.5. The summed E-state index contributed by atoms with van der Waals surface area (Å²) >= 11 is 10.5. The van der Waals surface area contributed by atoms with Crippen molar-refractivity contribution in [3.63, 3.8) is 0 Å². The molecule has 0 aliphatic heterocycles. The van der Waals surface area contributed by atoms with Crippen molar-refractivity contribution in [2.75, 3.05) is 11.1 Å². The molecule has 2 heterocycles. The molecule has 0 fully saturated rings. The van der Waals surface area contributed by atoms with E-state index in [1.165, 1.54) is 23.1 Å². The third-order valence-electron chi connectivity index (χ3n) is 2.95. The van der Waals surface area contributed by atoms with Crippen LogP contribution in [0.3, 0.4) is 0 Å². The van der Waals surface area contributed by atoms with Crippen LogP contribution in [-0.4, -0.2) is 26.8 Å². The minimum Gasteiger partial charge on any atom is -0.296 e. The van der Waals surface area contributed by atoms with E-state index in [0.717, 1.165) is 15.0 Å². The first-order valence-corrected chi connectivity index (χ1v) is 10.3. The van der Waals surface area contributed by atoms with Crippen molar-refractivity contribution in [3.05, 3.63) is 53.2 Å². The van der Waals surface area contributed by atoms with E-state index < -0.39 is 0 Å². The number of thioether (sulfide) groups is 1. The Labute approximate surface area is 162 Å². The lowest BCUT2D eigenvalue weighted by atomic mass is 10.3. The smallest absolute Gasteiger partial charge is 0.260 e. The summed E-state index contributed by atoms with van der Waals surface area (Å²) < 4.78 is 0.828. The number of rotatable bonds is 6. The Kier molecular flexibility index (Phi) is 6.30. The summed E-state index contributed by atoms with van der Waals surface area (Å²) in [7, 11) is 0. The van der Waals surface area contributed by atoms with Crippen LogP contribution in [0.4, 0.5) is 5.13 Å². The van der Waals surface area contributed by atoms with Crippen LogP contribution in [0.15, 0.2) is 56.9 Å². The van der Waals surface area contributed by atoms with Gasteiger partial charge in [0.25, 0.3) is 5.91 Å². The lowest BCUT2D eigenvalue weighted by Gasteiger charge is -2.08. The lowest BCUT2D eigenvalue weighted by molar-refractivity contribution is 0.102. The maximum Gasteiger partial charge on any atom is 0.260 e. The molecular weight excluding hydrogens is 396 g/mol. The number of hydrogen-bond donors (Lipinski definition) is 1. The summed E-state index contributed by atoms with van der Waals surface area (Å²) in [4.78, 5) is 17.8. The van der Waals surface area contributed by atoms with Gasteiger partial charge in [0.1, 0.15) is 5.03 Å². The quantitative estimate of drug-likeness (QED) is 0.452. The highest BCUT2D eigenvalue weighted by molar-refractivity contribution is 8.01. The molecule has 1 N–H and O–H groups in total. The Morgan fingerprint density at radius 3 is 2.88 bits per heavy atom. The summed E-state index contributed by atoms with van der Waals surface area (Å²) in [6.07, 6.45) is 1.65. The van der Waals surface area contributed by atoms with E-state index in [1.54, 1.807) is 36.2 Å². The molecule has 2 aromatic heterocycles. The number of pyridine rings is 1. The fourth-order valence-corrected chi connectivity index (χ4v) is 4.68. The van der Waals surface area contributed by atoms with E-state index in [1.807, 2.05) is 25.1 Å². The Morgan fingerprint density at radius 1 is 1.24 bits per heavy atom. The highest BCUT2D eigenvalue weighted by Gasteiger charge is 2.16. The number of carbonyl (C=O) groups excluding carboxylic acids is 1. The standard InChI is InChI=1S/C16H13ClN4OS3/c1-2-23-16-21-20-15(25-16)19-13(22)10-6-5-9-18-14(10)24-12-8-4-3-7-11(12)17/h3-9H,2H2,1H3,(H,19,20,22). The van der Waals surface area contributed by atoms with Crippen LogP contribution < -0.4 is 5.32 Å². The SMILES string of the molecule is CCSc1nnc(NC(=O)c2cccnc2Sc2ccccc2Cl)s1. The van der Waals surface area contributed by atoms with Gasteiger partial charge in [-0.1, -0.05) is 65.5 Å². The monoisotopic (exact) mass is 408 g/mol. The third-order valence-corrected chi connectivity index (χ3v) is 6.34. The fraction of sp³-hybridized carbons (Fsp3) is 0.125. The number of nitrogens with zero attached hydrogens (tertiary/aromatic N) is 3. The van der Waals surface area contributed by atoms with E-state index in [4.69, 9.17) is 11.6 Å². The van der Waals surface area contributed by atoms with Crippen molar-refractivity contribution in [2.45, 2.75) is 21.2 Å². The number of hydrogen-bond acceptors (Lipinski definition) is 7. The van der Waals surface area contributed by atoms with Gasteiger partial charge in [-0.05, 0) is 30.0 Å². The molecule has 0 saturated heterocycles. The number of aromatic nitrogens is 3. The second kappa shape index (κ2) is 8.66. The highest BCUT2D eigenvalue weighted by Crippen LogP contribution is 2.34. The zero-order valence-corrected chi connectivity index (χ0v) is 16.3. The number of nitrogens with one attached hydrogen (secondary N) is 1. The Morgan fingerprint density at radius 2 is 2.08 bits per heavy atom. The molecule has 0 aliphatic rings. The number of amides is 1. The molecule has 0 radical (unpaired) electrons. The van der Waals surface area contributed by atoms with Crippen LogP contribution in [0.25, 0.3) is 0 Å². The maximum absolute atomic E-state index is 12.6. The maximum atomic E-state index is 12.6. The van der Waals surface area contributed by atoms with Gasteiger partial charge < -0.3 is 0 Å². The molecule has 3 aromatic rings. The van der Waals surface area contributed by atoms with Gasteiger partial charge in [-0.3, -0.25) is 10.1 Å². The highest BCUT2D eigenvalue weighted by atomic mass is 35.5. The predicted molar refractivity (Wildman–Crippen MR) is 104 cm³/mol. The number of carbonyl (C=O) groups is 1. The van der Waals surface area contributed by atoms with Crippen molar-refractivity contribution < 1.29 is 4.79 Å². The molecule has 0 unspecified atom stereocenters. The number of anilines is 1. The van der Waals surface area contributed by atoms with Crippen LogP contribution in [0.1, 0.15) is 17.3 Å². The van der Waals surface area contributed by atoms with Crippen LogP contribution >= 0.6 is 46.5 Å². The number of halogens is 1. The Balaban J connectivity index is 1.79. The normalized spacial score (nSPS) is 10.6. The van der Waals surface area contributed by atoms with E-state index in [0.29, 0.717) is 20.7 Å². The van der Waals surface area contributed by atoms with Gasteiger partial charge in [-0.25, -0.2) is 4.98 Å². The largest absolute Gasteiger partial charge is 0.296 e. The van der Waals surface area contributed by atoms with E-state index in [9.17, 15) is 4.79 Å². The van der Waals surface area contributed by atoms with Crippen LogP contribution in [-0.2, 0) is 0 Å². The lowest BCUT2D eigenvalue weighted by Crippen LogP contribution is -2.13. The zero-order chi connectivity index (χ0) is 17.6. The summed E-state index contributed by atoms with van der Waals surface area (Å²) in [5.41, 5.74) is 0.465. The molecule has 5 nitrogen and oxygen atoms in total. The van der Waals surface area contributed by atoms with Gasteiger partial charge in [0.2, 0.25) is 5.13 Å². The molecule has 25 heavy (non-hydrogen) atoms. The molecule has 0 bridgehead atoms. The van der Waals surface area contributed by atoms with Gasteiger partial charge in [0.05, 0.1) is 10.6 Å². The fourth-order valence-electron chi connectivity index (χ4n) is 1.88. The van der Waals surface area contributed by atoms with Crippen molar-refractivity contribution in [2.24, 2.45) is 0 Å². The van der Waals surface area contributed by atoms with Crippen molar-refractivity contribution in [3.8, 4) is 0 Å². The molecule has 3 rings (SSSR count). The molecule has 0 atom stereocenters.